The molecule has 2 atom stereocenters. The minimum absolute atomic E-state index is 0.0156. The fourth-order valence-electron chi connectivity index (χ4n) is 4.88. The molecule has 1 amide bonds. The molecule has 6 heteroatoms. The molecule has 1 saturated carbocycles. The van der Waals surface area contributed by atoms with Gasteiger partial charge in [0.1, 0.15) is 5.41 Å². The Kier molecular flexibility index (Phi) is 4.24. The molecule has 0 aromatic heterocycles. The molecule has 1 N–H and O–H groups in total. The van der Waals surface area contributed by atoms with Gasteiger partial charge in [0.25, 0.3) is 5.91 Å². The van der Waals surface area contributed by atoms with Gasteiger partial charge in [0.2, 0.25) is 0 Å². The predicted molar refractivity (Wildman–Crippen MR) is 94.7 cm³/mol. The number of fused-ring (bicyclic) bond motifs is 1. The molecule has 2 aliphatic heterocycles. The number of likely N-dealkylation sites (tertiary alicyclic amines) is 2. The van der Waals surface area contributed by atoms with Crippen LogP contribution in [0.4, 0.5) is 0 Å². The minimum Gasteiger partial charge on any atom is -0.481 e. The van der Waals surface area contributed by atoms with Crippen molar-refractivity contribution in [3.05, 3.63) is 34.9 Å². The number of carboxylic acids is 1. The maximum absolute atomic E-state index is 12.8. The number of amides is 1. The van der Waals surface area contributed by atoms with Gasteiger partial charge in [-0.1, -0.05) is 24.4 Å². The normalized spacial score (nSPS) is 30.0. The van der Waals surface area contributed by atoms with Crippen molar-refractivity contribution in [2.45, 2.75) is 31.7 Å². The van der Waals surface area contributed by atoms with E-state index < -0.39 is 11.4 Å². The first-order valence-corrected chi connectivity index (χ1v) is 9.40. The first-order chi connectivity index (χ1) is 12.0. The molecule has 4 rings (SSSR count). The first-order valence-electron chi connectivity index (χ1n) is 9.02. The van der Waals surface area contributed by atoms with Gasteiger partial charge in [-0.2, -0.15) is 0 Å². The molecule has 0 bridgehead atoms. The standard InChI is InChI=1S/C19H23ClN2O3/c20-15-7-5-13(6-8-15)17(23)22-10-14-9-21(16-3-1-2-4-16)11-19(14,12-22)18(24)25/h5-8,14,16H,1-4,9-12H2,(H,24,25)/t14-,19-/m1/s1. The summed E-state index contributed by atoms with van der Waals surface area (Å²) in [5.41, 5.74) is -0.248. The fraction of sp³-hybridized carbons (Fsp3) is 0.579. The Morgan fingerprint density at radius 3 is 2.36 bits per heavy atom. The van der Waals surface area contributed by atoms with Gasteiger partial charge in [0.15, 0.2) is 0 Å². The van der Waals surface area contributed by atoms with Crippen molar-refractivity contribution in [2.75, 3.05) is 26.2 Å². The molecule has 0 spiro atoms. The van der Waals surface area contributed by atoms with Crippen molar-refractivity contribution >= 4 is 23.5 Å². The van der Waals surface area contributed by atoms with Gasteiger partial charge in [-0.05, 0) is 37.1 Å². The van der Waals surface area contributed by atoms with Crippen LogP contribution in [0, 0.1) is 11.3 Å². The molecule has 1 aliphatic carbocycles. The SMILES string of the molecule is O=C(c1ccc(Cl)cc1)N1C[C@H]2CN(C3CCCC3)C[C@@]2(C(=O)O)C1. The molecule has 134 valence electrons. The van der Waals surface area contributed by atoms with Gasteiger partial charge >= 0.3 is 5.97 Å². The molecule has 2 saturated heterocycles. The van der Waals surface area contributed by atoms with E-state index in [4.69, 9.17) is 11.6 Å². The Morgan fingerprint density at radius 1 is 1.08 bits per heavy atom. The number of aliphatic carboxylic acids is 1. The number of carbonyl (C=O) groups excluding carboxylic acids is 1. The first kappa shape index (κ1) is 16.9. The van der Waals surface area contributed by atoms with Crippen LogP contribution in [-0.2, 0) is 4.79 Å². The van der Waals surface area contributed by atoms with E-state index in [9.17, 15) is 14.7 Å². The number of hydrogen-bond donors (Lipinski definition) is 1. The maximum Gasteiger partial charge on any atom is 0.313 e. The van der Waals surface area contributed by atoms with E-state index >= 15 is 0 Å². The average molecular weight is 363 g/mol. The molecular weight excluding hydrogens is 340 g/mol. The Morgan fingerprint density at radius 2 is 1.76 bits per heavy atom. The van der Waals surface area contributed by atoms with Crippen LogP contribution < -0.4 is 0 Å². The van der Waals surface area contributed by atoms with Crippen LogP contribution in [0.15, 0.2) is 24.3 Å². The summed E-state index contributed by atoms with van der Waals surface area (Å²) in [6.45, 7) is 2.19. The summed E-state index contributed by atoms with van der Waals surface area (Å²) >= 11 is 5.89. The molecular formula is C19H23ClN2O3. The Bertz CT molecular complexity index is 686. The van der Waals surface area contributed by atoms with Crippen LogP contribution in [0.3, 0.4) is 0 Å². The Hall–Kier alpha value is -1.59. The highest BCUT2D eigenvalue weighted by molar-refractivity contribution is 6.30. The third kappa shape index (κ3) is 2.83. The van der Waals surface area contributed by atoms with Crippen molar-refractivity contribution in [2.24, 2.45) is 11.3 Å². The molecule has 0 unspecified atom stereocenters. The highest BCUT2D eigenvalue weighted by atomic mass is 35.5. The fourth-order valence-corrected chi connectivity index (χ4v) is 5.01. The van der Waals surface area contributed by atoms with Gasteiger partial charge in [0, 0.05) is 48.7 Å². The third-order valence-corrected chi connectivity index (χ3v) is 6.53. The van der Waals surface area contributed by atoms with E-state index in [1.807, 2.05) is 0 Å². The quantitative estimate of drug-likeness (QED) is 0.898. The second kappa shape index (κ2) is 6.29. The molecule has 3 aliphatic rings. The summed E-state index contributed by atoms with van der Waals surface area (Å²) in [7, 11) is 0. The Balaban J connectivity index is 1.52. The van der Waals surface area contributed by atoms with E-state index in [0.717, 1.165) is 6.54 Å². The number of carbonyl (C=O) groups is 2. The monoisotopic (exact) mass is 362 g/mol. The summed E-state index contributed by atoms with van der Waals surface area (Å²) in [5.74, 6) is -0.842. The number of carboxylic acid groups (broad SMARTS) is 1. The summed E-state index contributed by atoms with van der Waals surface area (Å²) < 4.78 is 0. The largest absolute Gasteiger partial charge is 0.481 e. The van der Waals surface area contributed by atoms with Crippen molar-refractivity contribution < 1.29 is 14.7 Å². The van der Waals surface area contributed by atoms with Gasteiger partial charge in [0.05, 0.1) is 0 Å². The van der Waals surface area contributed by atoms with Crippen LogP contribution >= 0.6 is 11.6 Å². The van der Waals surface area contributed by atoms with Gasteiger partial charge in [-0.25, -0.2) is 0 Å². The van der Waals surface area contributed by atoms with Crippen LogP contribution in [0.25, 0.3) is 0 Å². The Labute approximate surface area is 152 Å². The second-order valence-corrected chi connectivity index (χ2v) is 8.15. The number of nitrogens with zero attached hydrogens (tertiary/aromatic N) is 2. The molecule has 25 heavy (non-hydrogen) atoms. The zero-order chi connectivity index (χ0) is 17.6. The predicted octanol–water partition coefficient (Wildman–Crippen LogP) is 2.74. The highest BCUT2D eigenvalue weighted by Gasteiger charge is 2.59. The highest BCUT2D eigenvalue weighted by Crippen LogP contribution is 2.45. The lowest BCUT2D eigenvalue weighted by Gasteiger charge is -2.28. The summed E-state index contributed by atoms with van der Waals surface area (Å²) in [6.07, 6.45) is 4.84. The number of benzene rings is 1. The van der Waals surface area contributed by atoms with Crippen molar-refractivity contribution in [3.8, 4) is 0 Å². The molecule has 5 nitrogen and oxygen atoms in total. The molecule has 0 radical (unpaired) electrons. The number of rotatable bonds is 3. The number of hydrogen-bond acceptors (Lipinski definition) is 3. The molecule has 1 aromatic rings. The van der Waals surface area contributed by atoms with E-state index in [1.165, 1.54) is 25.7 Å². The van der Waals surface area contributed by atoms with Crippen molar-refractivity contribution in [1.82, 2.24) is 9.80 Å². The summed E-state index contributed by atoms with van der Waals surface area (Å²) in [4.78, 5) is 29.0. The van der Waals surface area contributed by atoms with Crippen LogP contribution in [-0.4, -0.2) is 59.0 Å². The zero-order valence-corrected chi connectivity index (χ0v) is 14.9. The summed E-state index contributed by atoms with van der Waals surface area (Å²) in [5, 5.41) is 10.5. The molecule has 3 fully saturated rings. The van der Waals surface area contributed by atoms with E-state index in [-0.39, 0.29) is 11.8 Å². The molecule has 2 heterocycles. The topological polar surface area (TPSA) is 60.9 Å². The van der Waals surface area contributed by atoms with Crippen molar-refractivity contribution in [1.29, 1.82) is 0 Å². The van der Waals surface area contributed by atoms with E-state index in [1.54, 1.807) is 29.2 Å². The smallest absolute Gasteiger partial charge is 0.313 e. The second-order valence-electron chi connectivity index (χ2n) is 7.72. The summed E-state index contributed by atoms with van der Waals surface area (Å²) in [6, 6.07) is 7.33. The minimum atomic E-state index is -0.815. The van der Waals surface area contributed by atoms with E-state index in [2.05, 4.69) is 4.90 Å². The lowest BCUT2D eigenvalue weighted by Crippen LogP contribution is -2.43. The molecule has 1 aromatic carbocycles. The lowest BCUT2D eigenvalue weighted by atomic mass is 9.81. The van der Waals surface area contributed by atoms with E-state index in [0.29, 0.717) is 36.3 Å². The van der Waals surface area contributed by atoms with Crippen LogP contribution in [0.1, 0.15) is 36.0 Å². The lowest BCUT2D eigenvalue weighted by molar-refractivity contribution is -0.148. The van der Waals surface area contributed by atoms with Gasteiger partial charge in [-0.3, -0.25) is 14.5 Å². The van der Waals surface area contributed by atoms with Crippen molar-refractivity contribution in [3.63, 3.8) is 0 Å². The average Bonchev–Trinajstić information content (AvgIpc) is 3.28. The third-order valence-electron chi connectivity index (χ3n) is 6.28. The van der Waals surface area contributed by atoms with Gasteiger partial charge < -0.3 is 10.0 Å². The van der Waals surface area contributed by atoms with Crippen LogP contribution in [0.5, 0.6) is 0 Å². The van der Waals surface area contributed by atoms with Crippen LogP contribution in [0.2, 0.25) is 5.02 Å². The van der Waals surface area contributed by atoms with Gasteiger partial charge in [-0.15, -0.1) is 0 Å². The maximum atomic E-state index is 12.8. The zero-order valence-electron chi connectivity index (χ0n) is 14.2. The number of halogens is 1.